The second-order valence-electron chi connectivity index (χ2n) is 9.56. The van der Waals surface area contributed by atoms with Crippen molar-refractivity contribution in [3.63, 3.8) is 0 Å². The van der Waals surface area contributed by atoms with Crippen LogP contribution in [0.2, 0.25) is 0 Å². The molecule has 0 aliphatic carbocycles. The Kier molecular flexibility index (Phi) is 17.5. The highest BCUT2D eigenvalue weighted by Crippen LogP contribution is 2.46. The highest BCUT2D eigenvalue weighted by molar-refractivity contribution is 7.53. The number of halogens is 1. The molecule has 0 amide bonds. The van der Waals surface area contributed by atoms with Crippen LogP contribution in [0.3, 0.4) is 0 Å². The number of unbranched alkanes of at least 4 members (excludes halogenated alkanes) is 13. The number of hydrogen-bond donors (Lipinski definition) is 0. The molecule has 0 spiro atoms. The van der Waals surface area contributed by atoms with Gasteiger partial charge in [-0.1, -0.05) is 96.8 Å². The van der Waals surface area contributed by atoms with E-state index < -0.39 is 7.60 Å². The standard InChI is InChI=1S/C23H49NO3P.BrH/c1-5-6-7-8-9-10-11-12-13-14-15-16-17-18-19-23-22-24(2,3)20-21-26-28(4,25)27-23;/h23H,5-22H2,1-4H3;1H/q+1;/p-1/t23?,28-;/m0./s1. The minimum absolute atomic E-state index is 0. The van der Waals surface area contributed by atoms with Crippen molar-refractivity contribution in [3.05, 3.63) is 0 Å². The van der Waals surface area contributed by atoms with Crippen molar-refractivity contribution in [3.8, 4) is 0 Å². The van der Waals surface area contributed by atoms with Crippen LogP contribution in [0.1, 0.15) is 103 Å². The summed E-state index contributed by atoms with van der Waals surface area (Å²) in [6.45, 7) is 6.25. The summed E-state index contributed by atoms with van der Waals surface area (Å²) in [6.07, 6.45) is 20.3. The van der Waals surface area contributed by atoms with Gasteiger partial charge in [-0.25, -0.2) is 0 Å². The van der Waals surface area contributed by atoms with Crippen molar-refractivity contribution in [1.82, 2.24) is 0 Å². The third-order valence-corrected chi connectivity index (χ3v) is 7.27. The summed E-state index contributed by atoms with van der Waals surface area (Å²) in [5, 5.41) is 0. The summed E-state index contributed by atoms with van der Waals surface area (Å²) < 4.78 is 24.5. The van der Waals surface area contributed by atoms with Crippen molar-refractivity contribution in [2.24, 2.45) is 0 Å². The second kappa shape index (κ2) is 17.2. The van der Waals surface area contributed by atoms with E-state index in [9.17, 15) is 4.57 Å². The Bertz CT molecular complexity index is 434. The van der Waals surface area contributed by atoms with E-state index in [1.807, 2.05) is 0 Å². The maximum Gasteiger partial charge on any atom is 0.328 e. The Labute approximate surface area is 192 Å². The molecule has 0 saturated carbocycles. The van der Waals surface area contributed by atoms with Crippen molar-refractivity contribution < 1.29 is 35.1 Å². The van der Waals surface area contributed by atoms with Gasteiger partial charge in [0.1, 0.15) is 25.8 Å². The van der Waals surface area contributed by atoms with E-state index in [4.69, 9.17) is 9.05 Å². The maximum atomic E-state index is 12.3. The molecule has 1 unspecified atom stereocenters. The molecule has 1 fully saturated rings. The lowest BCUT2D eigenvalue weighted by molar-refractivity contribution is -0.893. The smallest absolute Gasteiger partial charge is 0.328 e. The zero-order chi connectivity index (χ0) is 20.7. The molecule has 0 bridgehead atoms. The lowest BCUT2D eigenvalue weighted by Crippen LogP contribution is -3.00. The SMILES string of the molecule is CCCCCCCCCCCCCCCCC1C[N+](C)(C)CCO[P@](C)(=O)O1.[Br-]. The Balaban J connectivity index is 0.00000784. The minimum Gasteiger partial charge on any atom is -1.00 e. The molecule has 1 saturated heterocycles. The molecule has 176 valence electrons. The first-order valence-corrected chi connectivity index (χ1v) is 14.1. The van der Waals surface area contributed by atoms with Crippen LogP contribution in [-0.2, 0) is 13.6 Å². The van der Waals surface area contributed by atoms with E-state index >= 15 is 0 Å². The van der Waals surface area contributed by atoms with E-state index in [1.165, 1.54) is 89.9 Å². The molecule has 1 aliphatic rings. The monoisotopic (exact) mass is 497 g/mol. The average molecular weight is 499 g/mol. The van der Waals surface area contributed by atoms with E-state index in [1.54, 1.807) is 6.66 Å². The van der Waals surface area contributed by atoms with Crippen LogP contribution >= 0.6 is 7.60 Å². The first kappa shape index (κ1) is 29.6. The molecule has 29 heavy (non-hydrogen) atoms. The van der Waals surface area contributed by atoms with Gasteiger partial charge in [0.05, 0.1) is 14.1 Å². The summed E-state index contributed by atoms with van der Waals surface area (Å²) >= 11 is 0. The molecule has 1 aliphatic heterocycles. The molecule has 4 nitrogen and oxygen atoms in total. The molecule has 0 radical (unpaired) electrons. The van der Waals surface area contributed by atoms with Crippen LogP contribution in [0, 0.1) is 0 Å². The van der Waals surface area contributed by atoms with E-state index in [0.717, 1.165) is 24.0 Å². The van der Waals surface area contributed by atoms with Gasteiger partial charge in [-0.3, -0.25) is 9.09 Å². The largest absolute Gasteiger partial charge is 1.00 e. The number of rotatable bonds is 15. The molecular formula is C23H49BrNO3P. The molecule has 0 N–H and O–H groups in total. The fraction of sp³-hybridized carbons (Fsp3) is 1.00. The molecule has 0 aromatic rings. The van der Waals surface area contributed by atoms with Gasteiger partial charge in [0.15, 0.2) is 0 Å². The molecule has 1 heterocycles. The molecule has 1 rings (SSSR count). The van der Waals surface area contributed by atoms with Gasteiger partial charge in [0.2, 0.25) is 0 Å². The molecule has 0 aromatic carbocycles. The van der Waals surface area contributed by atoms with Gasteiger partial charge in [0.25, 0.3) is 0 Å². The minimum atomic E-state index is -2.87. The Morgan fingerprint density at radius 2 is 1.28 bits per heavy atom. The van der Waals surface area contributed by atoms with Crippen molar-refractivity contribution in [2.75, 3.05) is 40.5 Å². The summed E-state index contributed by atoms with van der Waals surface area (Å²) in [5.41, 5.74) is 0. The fourth-order valence-electron chi connectivity index (χ4n) is 4.14. The number of hydrogen-bond acceptors (Lipinski definition) is 3. The molecule has 0 aromatic heterocycles. The first-order chi connectivity index (χ1) is 13.3. The van der Waals surface area contributed by atoms with Crippen molar-refractivity contribution >= 4 is 7.60 Å². The third-order valence-electron chi connectivity index (χ3n) is 5.94. The molecular weight excluding hydrogens is 449 g/mol. The third kappa shape index (κ3) is 16.9. The quantitative estimate of drug-likeness (QED) is 0.193. The maximum absolute atomic E-state index is 12.3. The van der Waals surface area contributed by atoms with Crippen LogP contribution in [0.4, 0.5) is 0 Å². The number of quaternary nitrogens is 1. The Morgan fingerprint density at radius 3 is 1.76 bits per heavy atom. The zero-order valence-corrected chi connectivity index (χ0v) is 22.3. The summed E-state index contributed by atoms with van der Waals surface area (Å²) in [5.74, 6) is 0. The van der Waals surface area contributed by atoms with Crippen LogP contribution in [-0.4, -0.2) is 51.0 Å². The van der Waals surface area contributed by atoms with Crippen LogP contribution in [0.5, 0.6) is 0 Å². The van der Waals surface area contributed by atoms with E-state index in [0.29, 0.717) is 6.61 Å². The zero-order valence-electron chi connectivity index (χ0n) is 19.8. The summed E-state index contributed by atoms with van der Waals surface area (Å²) in [7, 11) is 1.54. The first-order valence-electron chi connectivity index (χ1n) is 12.1. The second-order valence-corrected chi connectivity index (χ2v) is 11.6. The summed E-state index contributed by atoms with van der Waals surface area (Å²) in [4.78, 5) is 0. The van der Waals surface area contributed by atoms with E-state index in [2.05, 4.69) is 21.0 Å². The molecule has 6 heteroatoms. The molecule has 2 atom stereocenters. The Morgan fingerprint density at radius 1 is 0.828 bits per heavy atom. The topological polar surface area (TPSA) is 35.5 Å². The fourth-order valence-corrected chi connectivity index (χ4v) is 5.33. The predicted molar refractivity (Wildman–Crippen MR) is 121 cm³/mol. The van der Waals surface area contributed by atoms with Gasteiger partial charge >= 0.3 is 7.60 Å². The van der Waals surface area contributed by atoms with Crippen LogP contribution < -0.4 is 17.0 Å². The van der Waals surface area contributed by atoms with Gasteiger partial charge < -0.3 is 26.0 Å². The number of likely N-dealkylation sites (N-methyl/N-ethyl adjacent to an activating group) is 1. The van der Waals surface area contributed by atoms with Gasteiger partial charge in [-0.05, 0) is 6.42 Å². The van der Waals surface area contributed by atoms with Crippen molar-refractivity contribution in [2.45, 2.75) is 109 Å². The normalized spacial score (nSPS) is 24.5. The highest BCUT2D eigenvalue weighted by Gasteiger charge is 2.32. The lowest BCUT2D eigenvalue weighted by atomic mass is 10.0. The highest BCUT2D eigenvalue weighted by atomic mass is 79.9. The van der Waals surface area contributed by atoms with Crippen LogP contribution in [0.25, 0.3) is 0 Å². The number of nitrogens with zero attached hydrogens (tertiary/aromatic N) is 1. The van der Waals surface area contributed by atoms with Gasteiger partial charge in [-0.2, -0.15) is 0 Å². The van der Waals surface area contributed by atoms with Gasteiger partial charge in [-0.15, -0.1) is 0 Å². The average Bonchev–Trinajstić information content (AvgIpc) is 2.59. The van der Waals surface area contributed by atoms with E-state index in [-0.39, 0.29) is 23.1 Å². The van der Waals surface area contributed by atoms with Crippen molar-refractivity contribution in [1.29, 1.82) is 0 Å². The Hall–Kier alpha value is 0.590. The predicted octanol–water partition coefficient (Wildman–Crippen LogP) is 4.18. The summed E-state index contributed by atoms with van der Waals surface area (Å²) in [6, 6.07) is 0. The van der Waals surface area contributed by atoms with Crippen LogP contribution in [0.15, 0.2) is 0 Å². The van der Waals surface area contributed by atoms with Gasteiger partial charge in [0, 0.05) is 6.66 Å². The lowest BCUT2D eigenvalue weighted by Gasteiger charge is -2.36.